The van der Waals surface area contributed by atoms with Gasteiger partial charge in [-0.3, -0.25) is 4.79 Å². The number of carbonyl (C=O) groups excluding carboxylic acids is 1. The number of anilines is 2. The Morgan fingerprint density at radius 3 is 2.78 bits per heavy atom. The fourth-order valence-corrected chi connectivity index (χ4v) is 1.30. The Labute approximate surface area is 104 Å². The van der Waals surface area contributed by atoms with Crippen LogP contribution in [0.4, 0.5) is 20.2 Å². The number of nitrogen functional groups attached to an aromatic ring is 1. The SMILES string of the molecule is Cc1ccc(N)cc1NC(=O)C(C)OCC(F)F. The number of hydrogen-bond acceptors (Lipinski definition) is 3. The molecule has 0 heterocycles. The summed E-state index contributed by atoms with van der Waals surface area (Å²) >= 11 is 0. The van der Waals surface area contributed by atoms with E-state index in [1.807, 2.05) is 0 Å². The third-order valence-electron chi connectivity index (χ3n) is 2.36. The summed E-state index contributed by atoms with van der Waals surface area (Å²) in [7, 11) is 0. The van der Waals surface area contributed by atoms with Crippen LogP contribution in [0, 0.1) is 6.92 Å². The van der Waals surface area contributed by atoms with E-state index in [4.69, 9.17) is 10.5 Å². The predicted octanol–water partition coefficient (Wildman–Crippen LogP) is 2.19. The standard InChI is InChI=1S/C12H16F2N2O2/c1-7-3-4-9(15)5-10(7)16-12(17)8(2)18-6-11(13)14/h3-5,8,11H,6,15H2,1-2H3,(H,16,17). The molecule has 0 saturated carbocycles. The van der Waals surface area contributed by atoms with Gasteiger partial charge in [0.25, 0.3) is 12.3 Å². The molecule has 4 nitrogen and oxygen atoms in total. The van der Waals surface area contributed by atoms with Crippen molar-refractivity contribution in [3.63, 3.8) is 0 Å². The molecule has 1 unspecified atom stereocenters. The summed E-state index contributed by atoms with van der Waals surface area (Å²) in [6.45, 7) is 2.46. The fourth-order valence-electron chi connectivity index (χ4n) is 1.30. The second-order valence-electron chi connectivity index (χ2n) is 3.93. The lowest BCUT2D eigenvalue weighted by molar-refractivity contribution is -0.128. The van der Waals surface area contributed by atoms with Gasteiger partial charge in [-0.15, -0.1) is 0 Å². The van der Waals surface area contributed by atoms with Gasteiger partial charge in [0, 0.05) is 11.4 Å². The predicted molar refractivity (Wildman–Crippen MR) is 65.6 cm³/mol. The quantitative estimate of drug-likeness (QED) is 0.796. The lowest BCUT2D eigenvalue weighted by Gasteiger charge is -2.14. The Balaban J connectivity index is 2.61. The van der Waals surface area contributed by atoms with Crippen LogP contribution in [0.5, 0.6) is 0 Å². The summed E-state index contributed by atoms with van der Waals surface area (Å²) in [4.78, 5) is 11.7. The molecule has 0 bridgehead atoms. The minimum Gasteiger partial charge on any atom is -0.399 e. The van der Waals surface area contributed by atoms with Crippen molar-refractivity contribution in [3.8, 4) is 0 Å². The van der Waals surface area contributed by atoms with E-state index in [0.717, 1.165) is 5.56 Å². The summed E-state index contributed by atoms with van der Waals surface area (Å²) in [5.41, 5.74) is 7.49. The topological polar surface area (TPSA) is 64.3 Å². The van der Waals surface area contributed by atoms with Crippen molar-refractivity contribution in [2.45, 2.75) is 26.4 Å². The van der Waals surface area contributed by atoms with Crippen LogP contribution in [0.15, 0.2) is 18.2 Å². The third kappa shape index (κ3) is 4.29. The zero-order valence-corrected chi connectivity index (χ0v) is 10.2. The first-order valence-corrected chi connectivity index (χ1v) is 5.47. The average molecular weight is 258 g/mol. The van der Waals surface area contributed by atoms with E-state index in [1.54, 1.807) is 25.1 Å². The molecule has 0 aliphatic rings. The number of aryl methyl sites for hydroxylation is 1. The maximum Gasteiger partial charge on any atom is 0.261 e. The lowest BCUT2D eigenvalue weighted by Crippen LogP contribution is -2.29. The maximum atomic E-state index is 11.9. The number of benzene rings is 1. The highest BCUT2D eigenvalue weighted by Gasteiger charge is 2.16. The molecule has 0 saturated heterocycles. The average Bonchev–Trinajstić information content (AvgIpc) is 2.30. The molecule has 1 aromatic rings. The number of hydrogen-bond donors (Lipinski definition) is 2. The molecular formula is C12H16F2N2O2. The van der Waals surface area contributed by atoms with E-state index in [-0.39, 0.29) is 0 Å². The summed E-state index contributed by atoms with van der Waals surface area (Å²) in [6, 6.07) is 5.07. The van der Waals surface area contributed by atoms with E-state index in [0.29, 0.717) is 11.4 Å². The van der Waals surface area contributed by atoms with Crippen LogP contribution in [0.3, 0.4) is 0 Å². The molecule has 1 rings (SSSR count). The van der Waals surface area contributed by atoms with E-state index < -0.39 is 25.0 Å². The van der Waals surface area contributed by atoms with Crippen molar-refractivity contribution < 1.29 is 18.3 Å². The Kier molecular flexibility index (Phi) is 5.03. The molecule has 6 heteroatoms. The first-order chi connectivity index (χ1) is 8.40. The zero-order chi connectivity index (χ0) is 13.7. The molecule has 1 atom stereocenters. The smallest absolute Gasteiger partial charge is 0.261 e. The second kappa shape index (κ2) is 6.30. The van der Waals surface area contributed by atoms with Crippen molar-refractivity contribution >= 4 is 17.3 Å². The maximum absolute atomic E-state index is 11.9. The molecule has 0 aliphatic carbocycles. The van der Waals surface area contributed by atoms with Gasteiger partial charge in [0.15, 0.2) is 0 Å². The van der Waals surface area contributed by atoms with Gasteiger partial charge in [-0.2, -0.15) is 0 Å². The van der Waals surface area contributed by atoms with Crippen molar-refractivity contribution in [1.82, 2.24) is 0 Å². The van der Waals surface area contributed by atoms with Gasteiger partial charge in [-0.05, 0) is 31.5 Å². The van der Waals surface area contributed by atoms with Gasteiger partial charge in [0.2, 0.25) is 0 Å². The minimum absolute atomic E-state index is 0.482. The van der Waals surface area contributed by atoms with E-state index >= 15 is 0 Å². The molecule has 0 aliphatic heterocycles. The van der Waals surface area contributed by atoms with Crippen LogP contribution >= 0.6 is 0 Å². The summed E-state index contributed by atoms with van der Waals surface area (Å²) in [6.07, 6.45) is -3.53. The van der Waals surface area contributed by atoms with Gasteiger partial charge >= 0.3 is 0 Å². The van der Waals surface area contributed by atoms with Crippen LogP contribution in [0.1, 0.15) is 12.5 Å². The van der Waals surface area contributed by atoms with E-state index in [9.17, 15) is 13.6 Å². The molecule has 0 spiro atoms. The molecule has 1 aromatic carbocycles. The van der Waals surface area contributed by atoms with Crippen LogP contribution in [-0.4, -0.2) is 25.0 Å². The minimum atomic E-state index is -2.59. The van der Waals surface area contributed by atoms with Crippen molar-refractivity contribution in [2.24, 2.45) is 0 Å². The first kappa shape index (κ1) is 14.4. The normalized spacial score (nSPS) is 12.5. The van der Waals surface area contributed by atoms with Gasteiger partial charge in [0.1, 0.15) is 12.7 Å². The summed E-state index contributed by atoms with van der Waals surface area (Å²) in [5.74, 6) is -0.482. The van der Waals surface area contributed by atoms with Crippen LogP contribution in [0.2, 0.25) is 0 Å². The second-order valence-corrected chi connectivity index (χ2v) is 3.93. The number of rotatable bonds is 5. The number of nitrogens with one attached hydrogen (secondary N) is 1. The number of amides is 1. The zero-order valence-electron chi connectivity index (χ0n) is 10.2. The number of ether oxygens (including phenoxy) is 1. The molecule has 100 valence electrons. The Bertz CT molecular complexity index is 425. The van der Waals surface area contributed by atoms with Gasteiger partial charge in [0.05, 0.1) is 0 Å². The van der Waals surface area contributed by atoms with Gasteiger partial charge in [-0.1, -0.05) is 6.07 Å². The van der Waals surface area contributed by atoms with E-state index in [2.05, 4.69) is 5.32 Å². The van der Waals surface area contributed by atoms with Crippen molar-refractivity contribution in [1.29, 1.82) is 0 Å². The highest BCUT2D eigenvalue weighted by atomic mass is 19.3. The third-order valence-corrected chi connectivity index (χ3v) is 2.36. The molecule has 0 fully saturated rings. The first-order valence-electron chi connectivity index (χ1n) is 5.47. The molecule has 3 N–H and O–H groups in total. The fraction of sp³-hybridized carbons (Fsp3) is 0.417. The monoisotopic (exact) mass is 258 g/mol. The Morgan fingerprint density at radius 2 is 2.17 bits per heavy atom. The summed E-state index contributed by atoms with van der Waals surface area (Å²) in [5, 5.41) is 2.59. The summed E-state index contributed by atoms with van der Waals surface area (Å²) < 4.78 is 28.6. The van der Waals surface area contributed by atoms with Gasteiger partial charge in [-0.25, -0.2) is 8.78 Å². The van der Waals surface area contributed by atoms with Crippen LogP contribution < -0.4 is 11.1 Å². The van der Waals surface area contributed by atoms with E-state index in [1.165, 1.54) is 6.92 Å². The Hall–Kier alpha value is -1.69. The highest BCUT2D eigenvalue weighted by Crippen LogP contribution is 2.18. The number of nitrogens with two attached hydrogens (primary N) is 1. The number of alkyl halides is 2. The molecular weight excluding hydrogens is 242 g/mol. The Morgan fingerprint density at radius 1 is 1.50 bits per heavy atom. The molecule has 0 aromatic heterocycles. The molecule has 18 heavy (non-hydrogen) atoms. The van der Waals surface area contributed by atoms with Crippen LogP contribution in [0.25, 0.3) is 0 Å². The largest absolute Gasteiger partial charge is 0.399 e. The number of carbonyl (C=O) groups is 1. The lowest BCUT2D eigenvalue weighted by atomic mass is 10.2. The van der Waals surface area contributed by atoms with Crippen molar-refractivity contribution in [3.05, 3.63) is 23.8 Å². The number of halogens is 2. The van der Waals surface area contributed by atoms with Crippen LogP contribution in [-0.2, 0) is 9.53 Å². The highest BCUT2D eigenvalue weighted by molar-refractivity contribution is 5.95. The van der Waals surface area contributed by atoms with Gasteiger partial charge < -0.3 is 15.8 Å². The molecule has 0 radical (unpaired) electrons. The van der Waals surface area contributed by atoms with Crippen molar-refractivity contribution in [2.75, 3.05) is 17.7 Å². The molecule has 1 amide bonds.